The summed E-state index contributed by atoms with van der Waals surface area (Å²) in [5, 5.41) is 6.87. The number of likely N-dealkylation sites (N-methyl/N-ethyl adjacent to an activating group) is 1. The van der Waals surface area contributed by atoms with Crippen LogP contribution in [0, 0.1) is 0 Å². The number of hydrogen-bond acceptors (Lipinski definition) is 4. The highest BCUT2D eigenvalue weighted by Gasteiger charge is 2.22. The Morgan fingerprint density at radius 2 is 2.04 bits per heavy atom. The first kappa shape index (κ1) is 18.0. The number of anilines is 1. The zero-order valence-electron chi connectivity index (χ0n) is 15.7. The molecule has 2 saturated heterocycles. The van der Waals surface area contributed by atoms with Crippen molar-refractivity contribution in [2.45, 2.75) is 45.2 Å². The fourth-order valence-electron chi connectivity index (χ4n) is 3.82. The second kappa shape index (κ2) is 9.04. The molecule has 0 radical (unpaired) electrons. The summed E-state index contributed by atoms with van der Waals surface area (Å²) in [6, 6.07) is 4.93. The zero-order chi connectivity index (χ0) is 17.5. The molecule has 0 saturated carbocycles. The maximum absolute atomic E-state index is 4.61. The number of hydrogen-bond donors (Lipinski definition) is 2. The molecule has 6 nitrogen and oxygen atoms in total. The maximum Gasteiger partial charge on any atom is 0.191 e. The molecule has 1 aromatic heterocycles. The Balaban J connectivity index is 1.44. The van der Waals surface area contributed by atoms with Gasteiger partial charge in [0, 0.05) is 45.5 Å². The van der Waals surface area contributed by atoms with Crippen LogP contribution in [0.4, 0.5) is 5.82 Å². The third-order valence-electron chi connectivity index (χ3n) is 5.33. The van der Waals surface area contributed by atoms with Gasteiger partial charge in [0.05, 0.1) is 0 Å². The number of aliphatic imine (C=N–C) groups is 1. The summed E-state index contributed by atoms with van der Waals surface area (Å²) in [6.45, 7) is 8.57. The molecule has 138 valence electrons. The predicted molar refractivity (Wildman–Crippen MR) is 104 cm³/mol. The van der Waals surface area contributed by atoms with Crippen molar-refractivity contribution in [1.29, 1.82) is 0 Å². The number of aromatic nitrogens is 1. The highest BCUT2D eigenvalue weighted by Crippen LogP contribution is 2.17. The summed E-state index contributed by atoms with van der Waals surface area (Å²) in [7, 11) is 1.83. The van der Waals surface area contributed by atoms with Gasteiger partial charge in [0.1, 0.15) is 5.82 Å². The van der Waals surface area contributed by atoms with Gasteiger partial charge in [-0.05, 0) is 50.4 Å². The number of guanidine groups is 1. The van der Waals surface area contributed by atoms with Crippen LogP contribution in [0.25, 0.3) is 0 Å². The Hall–Kier alpha value is -1.82. The van der Waals surface area contributed by atoms with Gasteiger partial charge in [0.15, 0.2) is 5.96 Å². The van der Waals surface area contributed by atoms with Gasteiger partial charge < -0.3 is 15.5 Å². The van der Waals surface area contributed by atoms with E-state index in [2.05, 4.69) is 49.5 Å². The van der Waals surface area contributed by atoms with Gasteiger partial charge in [0.2, 0.25) is 0 Å². The Morgan fingerprint density at radius 3 is 2.72 bits per heavy atom. The lowest BCUT2D eigenvalue weighted by molar-refractivity contribution is 0.267. The number of nitrogens with one attached hydrogen (secondary N) is 2. The van der Waals surface area contributed by atoms with Crippen molar-refractivity contribution < 1.29 is 0 Å². The molecule has 1 unspecified atom stereocenters. The normalized spacial score (nSPS) is 21.8. The van der Waals surface area contributed by atoms with Crippen LogP contribution in [0.2, 0.25) is 0 Å². The van der Waals surface area contributed by atoms with Crippen LogP contribution in [0.15, 0.2) is 23.3 Å². The van der Waals surface area contributed by atoms with Crippen LogP contribution >= 0.6 is 0 Å². The minimum atomic E-state index is 0.630. The topological polar surface area (TPSA) is 55.8 Å². The van der Waals surface area contributed by atoms with Crippen LogP contribution in [-0.4, -0.2) is 61.7 Å². The molecule has 0 bridgehead atoms. The average Bonchev–Trinajstić information content (AvgIpc) is 3.34. The SMILES string of the molecule is CCN1CCCC1CNC(=NC)NCc1ccc(N2CCCC2)nc1. The molecule has 25 heavy (non-hydrogen) atoms. The van der Waals surface area contributed by atoms with E-state index in [1.54, 1.807) is 0 Å². The molecule has 0 aromatic carbocycles. The van der Waals surface area contributed by atoms with E-state index in [0.717, 1.165) is 44.5 Å². The van der Waals surface area contributed by atoms with Crippen molar-refractivity contribution in [3.8, 4) is 0 Å². The minimum Gasteiger partial charge on any atom is -0.357 e. The van der Waals surface area contributed by atoms with Crippen LogP contribution < -0.4 is 15.5 Å². The van der Waals surface area contributed by atoms with E-state index in [9.17, 15) is 0 Å². The Kier molecular flexibility index (Phi) is 6.50. The van der Waals surface area contributed by atoms with Crippen molar-refractivity contribution in [2.24, 2.45) is 4.99 Å². The fourth-order valence-corrected chi connectivity index (χ4v) is 3.82. The lowest BCUT2D eigenvalue weighted by atomic mass is 10.2. The van der Waals surface area contributed by atoms with Gasteiger partial charge in [-0.1, -0.05) is 13.0 Å². The summed E-state index contributed by atoms with van der Waals surface area (Å²) < 4.78 is 0. The number of rotatable bonds is 6. The molecule has 1 atom stereocenters. The second-order valence-corrected chi connectivity index (χ2v) is 6.95. The first-order valence-corrected chi connectivity index (χ1v) is 9.68. The van der Waals surface area contributed by atoms with Crippen molar-refractivity contribution in [3.05, 3.63) is 23.9 Å². The van der Waals surface area contributed by atoms with Crippen molar-refractivity contribution in [1.82, 2.24) is 20.5 Å². The first-order chi connectivity index (χ1) is 12.3. The van der Waals surface area contributed by atoms with Gasteiger partial charge in [-0.3, -0.25) is 9.89 Å². The van der Waals surface area contributed by atoms with Crippen LogP contribution in [0.1, 0.15) is 38.2 Å². The van der Waals surface area contributed by atoms with Crippen molar-refractivity contribution in [2.75, 3.05) is 44.7 Å². The van der Waals surface area contributed by atoms with Gasteiger partial charge in [-0.15, -0.1) is 0 Å². The van der Waals surface area contributed by atoms with Gasteiger partial charge in [0.25, 0.3) is 0 Å². The predicted octanol–water partition coefficient (Wildman–Crippen LogP) is 1.83. The van der Waals surface area contributed by atoms with E-state index in [4.69, 9.17) is 0 Å². The molecule has 1 aromatic rings. The van der Waals surface area contributed by atoms with E-state index in [0.29, 0.717) is 6.04 Å². The minimum absolute atomic E-state index is 0.630. The Labute approximate surface area is 151 Å². The Bertz CT molecular complexity index is 550. The van der Waals surface area contributed by atoms with E-state index in [1.165, 1.54) is 37.8 Å². The lowest BCUT2D eigenvalue weighted by Crippen LogP contribution is -2.44. The molecule has 6 heteroatoms. The van der Waals surface area contributed by atoms with Crippen LogP contribution in [0.3, 0.4) is 0 Å². The molecule has 0 amide bonds. The number of likely N-dealkylation sites (tertiary alicyclic amines) is 1. The first-order valence-electron chi connectivity index (χ1n) is 9.68. The number of pyridine rings is 1. The van der Waals surface area contributed by atoms with Gasteiger partial charge in [-0.2, -0.15) is 0 Å². The molecule has 2 N–H and O–H groups in total. The molecule has 2 aliphatic heterocycles. The van der Waals surface area contributed by atoms with Gasteiger partial charge in [-0.25, -0.2) is 4.98 Å². The lowest BCUT2D eigenvalue weighted by Gasteiger charge is -2.24. The summed E-state index contributed by atoms with van der Waals surface area (Å²) in [6.07, 6.45) is 7.12. The molecule has 0 spiro atoms. The maximum atomic E-state index is 4.61. The summed E-state index contributed by atoms with van der Waals surface area (Å²) in [5.74, 6) is 1.97. The van der Waals surface area contributed by atoms with E-state index in [-0.39, 0.29) is 0 Å². The zero-order valence-corrected chi connectivity index (χ0v) is 15.7. The summed E-state index contributed by atoms with van der Waals surface area (Å²) in [5.41, 5.74) is 1.18. The van der Waals surface area contributed by atoms with Crippen molar-refractivity contribution in [3.63, 3.8) is 0 Å². The number of nitrogens with zero attached hydrogens (tertiary/aromatic N) is 4. The van der Waals surface area contributed by atoms with E-state index in [1.807, 2.05) is 13.2 Å². The molecule has 2 aliphatic rings. The molecule has 3 rings (SSSR count). The van der Waals surface area contributed by atoms with E-state index < -0.39 is 0 Å². The molecular weight excluding hydrogens is 312 g/mol. The van der Waals surface area contributed by atoms with Crippen LogP contribution in [-0.2, 0) is 6.54 Å². The molecule has 0 aliphatic carbocycles. The second-order valence-electron chi connectivity index (χ2n) is 6.95. The van der Waals surface area contributed by atoms with E-state index >= 15 is 0 Å². The summed E-state index contributed by atoms with van der Waals surface area (Å²) in [4.78, 5) is 13.9. The standard InChI is InChI=1S/C19H32N6/c1-3-24-12-6-7-17(24)15-23-19(20-2)22-14-16-8-9-18(21-13-16)25-10-4-5-11-25/h8-9,13,17H,3-7,10-12,14-15H2,1-2H3,(H2,20,22,23). The fraction of sp³-hybridized carbons (Fsp3) is 0.684. The smallest absolute Gasteiger partial charge is 0.191 e. The van der Waals surface area contributed by atoms with Gasteiger partial charge >= 0.3 is 0 Å². The molecule has 2 fully saturated rings. The third-order valence-corrected chi connectivity index (χ3v) is 5.33. The highest BCUT2D eigenvalue weighted by molar-refractivity contribution is 5.79. The highest BCUT2D eigenvalue weighted by atomic mass is 15.2. The third kappa shape index (κ3) is 4.84. The Morgan fingerprint density at radius 1 is 1.20 bits per heavy atom. The van der Waals surface area contributed by atoms with Crippen molar-refractivity contribution >= 4 is 11.8 Å². The quantitative estimate of drug-likeness (QED) is 0.609. The molecule has 3 heterocycles. The molecular formula is C19H32N6. The largest absolute Gasteiger partial charge is 0.357 e. The monoisotopic (exact) mass is 344 g/mol. The van der Waals surface area contributed by atoms with Crippen LogP contribution in [0.5, 0.6) is 0 Å². The summed E-state index contributed by atoms with van der Waals surface area (Å²) >= 11 is 0. The average molecular weight is 345 g/mol.